The number of carbonyl (C=O) groups is 2. The molecule has 29 heavy (non-hydrogen) atoms. The predicted octanol–water partition coefficient (Wildman–Crippen LogP) is 2.81. The van der Waals surface area contributed by atoms with Crippen LogP contribution in [0, 0.1) is 0 Å². The van der Waals surface area contributed by atoms with E-state index in [0.717, 1.165) is 18.5 Å². The zero-order chi connectivity index (χ0) is 21.6. The van der Waals surface area contributed by atoms with Crippen LogP contribution < -0.4 is 15.2 Å². The molecule has 2 N–H and O–H groups in total. The van der Waals surface area contributed by atoms with Crippen LogP contribution in [0.1, 0.15) is 52.4 Å². The van der Waals surface area contributed by atoms with Gasteiger partial charge in [0.05, 0.1) is 20.3 Å². The molecule has 0 spiro atoms. The number of hydrogen-bond acceptors (Lipinski definition) is 7. The second-order valence-corrected chi connectivity index (χ2v) is 6.68. The van der Waals surface area contributed by atoms with Gasteiger partial charge in [-0.25, -0.2) is 0 Å². The molecule has 162 valence electrons. The van der Waals surface area contributed by atoms with Gasteiger partial charge >= 0.3 is 11.9 Å². The summed E-state index contributed by atoms with van der Waals surface area (Å²) in [7, 11) is 2.76. The van der Waals surface area contributed by atoms with Gasteiger partial charge in [-0.2, -0.15) is 5.53 Å². The number of hydrogen-bond donors (Lipinski definition) is 1. The van der Waals surface area contributed by atoms with Gasteiger partial charge in [0.1, 0.15) is 0 Å². The Hall–Kier alpha value is -2.64. The van der Waals surface area contributed by atoms with Crippen LogP contribution in [-0.2, 0) is 19.1 Å². The average molecular weight is 409 g/mol. The molecule has 0 aliphatic carbocycles. The van der Waals surface area contributed by atoms with Gasteiger partial charge in [0.2, 0.25) is 0 Å². The van der Waals surface area contributed by atoms with Crippen molar-refractivity contribution in [1.29, 1.82) is 0 Å². The molecule has 0 aliphatic heterocycles. The Balaban J connectivity index is 2.99. The van der Waals surface area contributed by atoms with E-state index in [2.05, 4.69) is 23.9 Å². The van der Waals surface area contributed by atoms with Crippen LogP contribution in [0.25, 0.3) is 0 Å². The minimum atomic E-state index is -0.241. The fourth-order valence-corrected chi connectivity index (χ4v) is 2.94. The second kappa shape index (κ2) is 13.5. The van der Waals surface area contributed by atoms with Crippen molar-refractivity contribution in [3.63, 3.8) is 0 Å². The highest BCUT2D eigenvalue weighted by atomic mass is 16.5. The van der Waals surface area contributed by atoms with Gasteiger partial charge in [-0.05, 0) is 42.9 Å². The lowest BCUT2D eigenvalue weighted by Gasteiger charge is -2.26. The molecule has 0 unspecified atom stereocenters. The fraction of sp³-hybridized carbons (Fsp3) is 0.619. The standard InChI is InChI=1S/C21H33N3O5/c1-5-17(6-2)29-19-15-16(11-12-18(19)23-22)24(13-7-9-20(25)27-3)14-8-10-21(26)28-4/h11-12,15,17,22H,5-10,13-14H2,1-4H3/p+1. The van der Waals surface area contributed by atoms with Crippen molar-refractivity contribution < 1.29 is 29.3 Å². The molecule has 8 heteroatoms. The minimum Gasteiger partial charge on any atom is -0.488 e. The summed E-state index contributed by atoms with van der Waals surface area (Å²) < 4.78 is 15.5. The van der Waals surface area contributed by atoms with Crippen LogP contribution in [0.15, 0.2) is 23.3 Å². The van der Waals surface area contributed by atoms with Crippen molar-refractivity contribution in [1.82, 2.24) is 0 Å². The van der Waals surface area contributed by atoms with E-state index in [1.807, 2.05) is 18.2 Å². The van der Waals surface area contributed by atoms with Crippen molar-refractivity contribution in [2.24, 2.45) is 5.11 Å². The molecule has 1 aromatic carbocycles. The van der Waals surface area contributed by atoms with Gasteiger partial charge in [-0.1, -0.05) is 13.8 Å². The molecule has 0 saturated carbocycles. The largest absolute Gasteiger partial charge is 0.488 e. The Morgan fingerprint density at radius 3 is 2.03 bits per heavy atom. The lowest BCUT2D eigenvalue weighted by molar-refractivity contribution is -0.210. The van der Waals surface area contributed by atoms with E-state index in [0.29, 0.717) is 50.2 Å². The topological polar surface area (TPSA) is 103 Å². The van der Waals surface area contributed by atoms with E-state index >= 15 is 0 Å². The summed E-state index contributed by atoms with van der Waals surface area (Å²) >= 11 is 0. The zero-order valence-electron chi connectivity index (χ0n) is 18.0. The van der Waals surface area contributed by atoms with Gasteiger partial charge in [0.15, 0.2) is 11.4 Å². The van der Waals surface area contributed by atoms with Crippen molar-refractivity contribution in [2.75, 3.05) is 32.2 Å². The minimum absolute atomic E-state index is 0.0813. The number of esters is 2. The monoisotopic (exact) mass is 408 g/mol. The molecule has 0 heterocycles. The van der Waals surface area contributed by atoms with Crippen LogP contribution in [0.2, 0.25) is 0 Å². The summed E-state index contributed by atoms with van der Waals surface area (Å²) in [4.78, 5) is 25.0. The van der Waals surface area contributed by atoms with E-state index in [-0.39, 0.29) is 18.0 Å². The lowest BCUT2D eigenvalue weighted by atomic mass is 10.2. The average Bonchev–Trinajstić information content (AvgIpc) is 2.75. The highest BCUT2D eigenvalue weighted by Gasteiger charge is 2.16. The highest BCUT2D eigenvalue weighted by molar-refractivity contribution is 5.69. The molecule has 0 amide bonds. The number of rotatable bonds is 14. The zero-order valence-corrected chi connectivity index (χ0v) is 18.0. The lowest BCUT2D eigenvalue weighted by Crippen LogP contribution is -2.27. The second-order valence-electron chi connectivity index (χ2n) is 6.68. The normalized spacial score (nSPS) is 10.5. The molecule has 0 saturated heterocycles. The Bertz CT molecular complexity index is 640. The van der Waals surface area contributed by atoms with Crippen LogP contribution in [-0.4, -0.2) is 45.4 Å². The van der Waals surface area contributed by atoms with Gasteiger partial charge in [-0.3, -0.25) is 9.59 Å². The maximum atomic E-state index is 11.4. The highest BCUT2D eigenvalue weighted by Crippen LogP contribution is 2.33. The molecule has 1 aromatic rings. The number of anilines is 1. The van der Waals surface area contributed by atoms with Gasteiger partial charge in [0, 0.05) is 37.7 Å². The summed E-state index contributed by atoms with van der Waals surface area (Å²) in [5.41, 5.74) is 7.03. The molecule has 0 aromatic heterocycles. The van der Waals surface area contributed by atoms with Crippen LogP contribution >= 0.6 is 0 Å². The summed E-state index contributed by atoms with van der Waals surface area (Å²) in [5.74, 6) is 0.147. The van der Waals surface area contributed by atoms with E-state index in [4.69, 9.17) is 19.7 Å². The first kappa shape index (κ1) is 24.4. The molecular formula is C21H34N3O5+. The Kier molecular flexibility index (Phi) is 11.4. The molecule has 0 aliphatic rings. The Morgan fingerprint density at radius 2 is 1.59 bits per heavy atom. The Morgan fingerprint density at radius 1 is 1.03 bits per heavy atom. The number of methoxy groups -OCH3 is 2. The third-order valence-corrected chi connectivity index (χ3v) is 4.73. The molecule has 0 radical (unpaired) electrons. The first-order valence-electron chi connectivity index (χ1n) is 10.1. The maximum Gasteiger partial charge on any atom is 0.305 e. The summed E-state index contributed by atoms with van der Waals surface area (Å²) in [6.07, 6.45) is 3.78. The van der Waals surface area contributed by atoms with Crippen molar-refractivity contribution in [3.8, 4) is 5.75 Å². The Labute approximate surface area is 173 Å². The smallest absolute Gasteiger partial charge is 0.305 e. The molecular weight excluding hydrogens is 374 g/mol. The molecule has 0 fully saturated rings. The number of nitrogens with zero attached hydrogens (tertiary/aromatic N) is 2. The molecule has 1 rings (SSSR count). The SMILES string of the molecule is CCC(CC)Oc1cc(N(CCCC(=O)OC)CCCC(=O)OC)ccc1N=[NH2+]. The van der Waals surface area contributed by atoms with Crippen LogP contribution in [0.5, 0.6) is 5.75 Å². The van der Waals surface area contributed by atoms with Crippen molar-refractivity contribution in [3.05, 3.63) is 18.2 Å². The quantitative estimate of drug-likeness (QED) is 0.375. The third kappa shape index (κ3) is 8.50. The fourth-order valence-electron chi connectivity index (χ4n) is 2.94. The molecule has 8 nitrogen and oxygen atoms in total. The van der Waals surface area contributed by atoms with Gasteiger partial charge < -0.3 is 19.1 Å². The van der Waals surface area contributed by atoms with Crippen molar-refractivity contribution >= 4 is 23.3 Å². The predicted molar refractivity (Wildman–Crippen MR) is 110 cm³/mol. The van der Waals surface area contributed by atoms with E-state index in [9.17, 15) is 9.59 Å². The maximum absolute atomic E-state index is 11.4. The number of nitrogens with two attached hydrogens (primary N) is 1. The third-order valence-electron chi connectivity index (χ3n) is 4.73. The molecule has 0 bridgehead atoms. The summed E-state index contributed by atoms with van der Waals surface area (Å²) in [5, 5.41) is 3.82. The van der Waals surface area contributed by atoms with Crippen LogP contribution in [0.3, 0.4) is 0 Å². The van der Waals surface area contributed by atoms with E-state index in [1.54, 1.807) is 0 Å². The van der Waals surface area contributed by atoms with E-state index in [1.165, 1.54) is 14.2 Å². The first-order valence-corrected chi connectivity index (χ1v) is 10.1. The van der Waals surface area contributed by atoms with Crippen molar-refractivity contribution in [2.45, 2.75) is 58.5 Å². The molecule has 0 atom stereocenters. The summed E-state index contributed by atoms with van der Waals surface area (Å²) in [6.45, 7) is 5.42. The number of carbonyl (C=O) groups excluding carboxylic acids is 2. The van der Waals surface area contributed by atoms with Gasteiger partial charge in [-0.15, -0.1) is 0 Å². The van der Waals surface area contributed by atoms with E-state index < -0.39 is 0 Å². The number of benzene rings is 1. The summed E-state index contributed by atoms with van der Waals surface area (Å²) in [6, 6.07) is 5.66. The van der Waals surface area contributed by atoms with Gasteiger partial charge in [0.25, 0.3) is 0 Å². The number of ether oxygens (including phenoxy) is 3. The van der Waals surface area contributed by atoms with Crippen LogP contribution in [0.4, 0.5) is 11.4 Å². The first-order chi connectivity index (χ1) is 14.0.